The fourth-order valence-corrected chi connectivity index (χ4v) is 3.05. The summed E-state index contributed by atoms with van der Waals surface area (Å²) in [6, 6.07) is 7.38. The molecule has 2 aromatic rings. The minimum Gasteiger partial charge on any atom is -0.497 e. The number of hydrogen-bond acceptors (Lipinski definition) is 6. The largest absolute Gasteiger partial charge is 0.497 e. The number of rotatable bonds is 8. The molecule has 8 heteroatoms. The van der Waals surface area contributed by atoms with Crippen LogP contribution in [-0.4, -0.2) is 47.5 Å². The molecule has 3 rings (SSSR count). The van der Waals surface area contributed by atoms with Crippen molar-refractivity contribution in [1.82, 2.24) is 20.1 Å². The van der Waals surface area contributed by atoms with Crippen LogP contribution in [0.1, 0.15) is 37.4 Å². The summed E-state index contributed by atoms with van der Waals surface area (Å²) >= 11 is 0. The van der Waals surface area contributed by atoms with Crippen LogP contribution in [0.15, 0.2) is 24.3 Å². The predicted octanol–water partition coefficient (Wildman–Crippen LogP) is 2.09. The molecule has 1 aliphatic heterocycles. The Morgan fingerprint density at radius 1 is 1.26 bits per heavy atom. The van der Waals surface area contributed by atoms with Gasteiger partial charge in [-0.25, -0.2) is 4.68 Å². The normalized spacial score (nSPS) is 14.7. The van der Waals surface area contributed by atoms with Crippen LogP contribution in [0, 0.1) is 0 Å². The highest BCUT2D eigenvalue weighted by molar-refractivity contribution is 5.88. The second-order valence-corrected chi connectivity index (χ2v) is 6.62. The Morgan fingerprint density at radius 2 is 1.96 bits per heavy atom. The van der Waals surface area contributed by atoms with E-state index in [4.69, 9.17) is 9.47 Å². The molecule has 0 atom stereocenters. The van der Waals surface area contributed by atoms with Gasteiger partial charge in [0, 0.05) is 19.4 Å². The zero-order chi connectivity index (χ0) is 19.1. The maximum atomic E-state index is 12.2. The quantitative estimate of drug-likeness (QED) is 0.689. The first-order valence-corrected chi connectivity index (χ1v) is 9.34. The molecule has 146 valence electrons. The minimum atomic E-state index is -0.0827. The molecule has 0 radical (unpaired) electrons. The van der Waals surface area contributed by atoms with Crippen molar-refractivity contribution in [3.05, 3.63) is 30.1 Å². The number of benzene rings is 1. The maximum absolute atomic E-state index is 12.2. The summed E-state index contributed by atoms with van der Waals surface area (Å²) in [4.78, 5) is 16.7. The Bertz CT molecular complexity index is 738. The maximum Gasteiger partial charge on any atom is 0.227 e. The first-order valence-electron chi connectivity index (χ1n) is 9.34. The average molecular weight is 373 g/mol. The highest BCUT2D eigenvalue weighted by Gasteiger charge is 2.21. The SMILES string of the molecule is COc1ccc(OCCCC(=O)Nc2nc(C3CCNCC3)nn2C)cc1. The van der Waals surface area contributed by atoms with Crippen LogP contribution in [0.4, 0.5) is 5.95 Å². The van der Waals surface area contributed by atoms with Crippen molar-refractivity contribution in [2.24, 2.45) is 7.05 Å². The molecule has 1 saturated heterocycles. The number of nitrogens with zero attached hydrogens (tertiary/aromatic N) is 3. The lowest BCUT2D eigenvalue weighted by molar-refractivity contribution is -0.116. The van der Waals surface area contributed by atoms with Gasteiger partial charge in [-0.15, -0.1) is 0 Å². The van der Waals surface area contributed by atoms with Gasteiger partial charge in [0.15, 0.2) is 5.82 Å². The van der Waals surface area contributed by atoms with E-state index in [0.717, 1.165) is 43.3 Å². The minimum absolute atomic E-state index is 0.0827. The van der Waals surface area contributed by atoms with Crippen molar-refractivity contribution in [2.75, 3.05) is 32.1 Å². The second-order valence-electron chi connectivity index (χ2n) is 6.62. The van der Waals surface area contributed by atoms with E-state index in [1.165, 1.54) is 0 Å². The molecule has 0 bridgehead atoms. The van der Waals surface area contributed by atoms with Crippen molar-refractivity contribution in [3.8, 4) is 11.5 Å². The number of carbonyl (C=O) groups excluding carboxylic acids is 1. The third-order valence-electron chi connectivity index (χ3n) is 4.61. The van der Waals surface area contributed by atoms with Crippen molar-refractivity contribution in [2.45, 2.75) is 31.6 Å². The molecule has 1 aromatic heterocycles. The van der Waals surface area contributed by atoms with Crippen molar-refractivity contribution in [1.29, 1.82) is 0 Å². The molecule has 0 unspecified atom stereocenters. The molecule has 0 spiro atoms. The molecule has 2 heterocycles. The predicted molar refractivity (Wildman–Crippen MR) is 102 cm³/mol. The summed E-state index contributed by atoms with van der Waals surface area (Å²) in [5.74, 6) is 3.15. The van der Waals surface area contributed by atoms with Crippen molar-refractivity contribution >= 4 is 11.9 Å². The standard InChI is InChI=1S/C19H27N5O3/c1-24-19(22-18(23-24)14-9-11-20-12-10-14)21-17(25)4-3-13-27-16-7-5-15(26-2)6-8-16/h5-8,14,20H,3-4,9-13H2,1-2H3,(H,21,22,23,25). The Labute approximate surface area is 159 Å². The summed E-state index contributed by atoms with van der Waals surface area (Å²) in [6.07, 6.45) is 3.04. The van der Waals surface area contributed by atoms with E-state index in [1.807, 2.05) is 24.3 Å². The Morgan fingerprint density at radius 3 is 2.67 bits per heavy atom. The van der Waals surface area contributed by atoms with Gasteiger partial charge in [-0.3, -0.25) is 10.1 Å². The van der Waals surface area contributed by atoms with E-state index in [-0.39, 0.29) is 5.91 Å². The average Bonchev–Trinajstić information content (AvgIpc) is 3.07. The number of nitrogens with one attached hydrogen (secondary N) is 2. The number of methoxy groups -OCH3 is 1. The van der Waals surface area contributed by atoms with Crippen LogP contribution >= 0.6 is 0 Å². The van der Waals surface area contributed by atoms with Crippen LogP contribution < -0.4 is 20.1 Å². The van der Waals surface area contributed by atoms with E-state index in [1.54, 1.807) is 18.8 Å². The molecular formula is C19H27N5O3. The van der Waals surface area contributed by atoms with Crippen LogP contribution in [0.25, 0.3) is 0 Å². The number of aryl methyl sites for hydroxylation is 1. The number of anilines is 1. The molecular weight excluding hydrogens is 346 g/mol. The molecule has 2 N–H and O–H groups in total. The van der Waals surface area contributed by atoms with Gasteiger partial charge < -0.3 is 14.8 Å². The number of carbonyl (C=O) groups is 1. The summed E-state index contributed by atoms with van der Waals surface area (Å²) in [5.41, 5.74) is 0. The molecule has 0 aliphatic carbocycles. The Kier molecular flexibility index (Phi) is 6.64. The Hall–Kier alpha value is -2.61. The monoisotopic (exact) mass is 373 g/mol. The van der Waals surface area contributed by atoms with E-state index >= 15 is 0 Å². The highest BCUT2D eigenvalue weighted by atomic mass is 16.5. The van der Waals surface area contributed by atoms with Crippen LogP contribution in [0.2, 0.25) is 0 Å². The topological polar surface area (TPSA) is 90.3 Å². The van der Waals surface area contributed by atoms with E-state index in [0.29, 0.717) is 31.3 Å². The lowest BCUT2D eigenvalue weighted by Gasteiger charge is -2.19. The second kappa shape index (κ2) is 9.36. The fourth-order valence-electron chi connectivity index (χ4n) is 3.05. The van der Waals surface area contributed by atoms with Gasteiger partial charge >= 0.3 is 0 Å². The Balaban J connectivity index is 1.41. The molecule has 1 amide bonds. The summed E-state index contributed by atoms with van der Waals surface area (Å²) in [6.45, 7) is 2.44. The fraction of sp³-hybridized carbons (Fsp3) is 0.526. The first kappa shape index (κ1) is 19.2. The van der Waals surface area contributed by atoms with Crippen LogP contribution in [0.5, 0.6) is 11.5 Å². The molecule has 8 nitrogen and oxygen atoms in total. The smallest absolute Gasteiger partial charge is 0.227 e. The summed E-state index contributed by atoms with van der Waals surface area (Å²) in [7, 11) is 3.43. The third kappa shape index (κ3) is 5.43. The van der Waals surface area contributed by atoms with Gasteiger partial charge in [0.1, 0.15) is 11.5 Å². The van der Waals surface area contributed by atoms with Crippen molar-refractivity contribution in [3.63, 3.8) is 0 Å². The highest BCUT2D eigenvalue weighted by Crippen LogP contribution is 2.23. The zero-order valence-electron chi connectivity index (χ0n) is 15.9. The molecule has 27 heavy (non-hydrogen) atoms. The lowest BCUT2D eigenvalue weighted by Crippen LogP contribution is -2.27. The third-order valence-corrected chi connectivity index (χ3v) is 4.61. The van der Waals surface area contributed by atoms with Gasteiger partial charge in [-0.1, -0.05) is 0 Å². The molecule has 0 saturated carbocycles. The van der Waals surface area contributed by atoms with E-state index < -0.39 is 0 Å². The molecule has 1 fully saturated rings. The van der Waals surface area contributed by atoms with Gasteiger partial charge in [-0.2, -0.15) is 10.1 Å². The van der Waals surface area contributed by atoms with Gasteiger partial charge in [-0.05, 0) is 56.6 Å². The van der Waals surface area contributed by atoms with Crippen LogP contribution in [0.3, 0.4) is 0 Å². The molecule has 1 aliphatic rings. The first-order chi connectivity index (χ1) is 13.2. The number of piperidine rings is 1. The molecule has 1 aromatic carbocycles. The van der Waals surface area contributed by atoms with Crippen LogP contribution in [-0.2, 0) is 11.8 Å². The van der Waals surface area contributed by atoms with Gasteiger partial charge in [0.05, 0.1) is 13.7 Å². The lowest BCUT2D eigenvalue weighted by atomic mass is 9.98. The number of amides is 1. The van der Waals surface area contributed by atoms with Crippen molar-refractivity contribution < 1.29 is 14.3 Å². The van der Waals surface area contributed by atoms with Gasteiger partial charge in [0.2, 0.25) is 11.9 Å². The zero-order valence-corrected chi connectivity index (χ0v) is 15.9. The number of aromatic nitrogens is 3. The number of ether oxygens (including phenoxy) is 2. The van der Waals surface area contributed by atoms with E-state index in [2.05, 4.69) is 20.7 Å². The van der Waals surface area contributed by atoms with Gasteiger partial charge in [0.25, 0.3) is 0 Å². The summed E-state index contributed by atoms with van der Waals surface area (Å²) in [5, 5.41) is 10.6. The number of hydrogen-bond donors (Lipinski definition) is 2. The summed E-state index contributed by atoms with van der Waals surface area (Å²) < 4.78 is 12.4. The van der Waals surface area contributed by atoms with E-state index in [9.17, 15) is 4.79 Å².